The normalized spacial score (nSPS) is 20.2. The molecule has 1 atom stereocenters. The number of amides is 1. The van der Waals surface area contributed by atoms with Crippen LogP contribution in [0.25, 0.3) is 0 Å². The molecule has 0 aliphatic carbocycles. The van der Waals surface area contributed by atoms with Gasteiger partial charge in [-0.2, -0.15) is 4.31 Å². The summed E-state index contributed by atoms with van der Waals surface area (Å²) < 4.78 is 27.1. The fourth-order valence-corrected chi connectivity index (χ4v) is 4.48. The van der Waals surface area contributed by atoms with Crippen LogP contribution in [0.3, 0.4) is 0 Å². The van der Waals surface area contributed by atoms with E-state index in [0.717, 1.165) is 12.8 Å². The van der Waals surface area contributed by atoms with E-state index in [1.165, 1.54) is 23.4 Å². The number of carbonyl (C=O) groups is 1. The zero-order chi connectivity index (χ0) is 15.6. The van der Waals surface area contributed by atoms with Crippen LogP contribution >= 0.6 is 15.9 Å². The molecule has 0 radical (unpaired) electrons. The molecule has 1 unspecified atom stereocenters. The molecule has 1 aromatic rings. The van der Waals surface area contributed by atoms with Crippen molar-refractivity contribution < 1.29 is 13.2 Å². The van der Waals surface area contributed by atoms with Gasteiger partial charge in [0.25, 0.3) is 0 Å². The van der Waals surface area contributed by atoms with Crippen molar-refractivity contribution in [3.8, 4) is 0 Å². The number of nitrogens with zero attached hydrogens (tertiary/aromatic N) is 1. The molecule has 1 aromatic carbocycles. The predicted molar refractivity (Wildman–Crippen MR) is 84.4 cm³/mol. The lowest BCUT2D eigenvalue weighted by Crippen LogP contribution is -2.45. The van der Waals surface area contributed by atoms with Gasteiger partial charge in [-0.3, -0.25) is 4.79 Å². The van der Waals surface area contributed by atoms with Gasteiger partial charge in [-0.15, -0.1) is 0 Å². The second kappa shape index (κ2) is 6.43. The molecule has 1 fully saturated rings. The molecule has 0 bridgehead atoms. The van der Waals surface area contributed by atoms with Crippen molar-refractivity contribution in [2.24, 2.45) is 5.73 Å². The smallest absolute Gasteiger partial charge is 0.243 e. The largest absolute Gasteiger partial charge is 0.327 e. The van der Waals surface area contributed by atoms with Crippen LogP contribution in [0.2, 0.25) is 0 Å². The lowest BCUT2D eigenvalue weighted by molar-refractivity contribution is -0.114. The molecule has 1 aliphatic heterocycles. The van der Waals surface area contributed by atoms with Gasteiger partial charge in [0.15, 0.2) is 0 Å². The molecule has 6 nitrogen and oxygen atoms in total. The van der Waals surface area contributed by atoms with Crippen molar-refractivity contribution in [1.82, 2.24) is 4.31 Å². The van der Waals surface area contributed by atoms with Crippen LogP contribution in [0, 0.1) is 0 Å². The van der Waals surface area contributed by atoms with Crippen LogP contribution in [-0.2, 0) is 14.8 Å². The quantitative estimate of drug-likeness (QED) is 0.837. The van der Waals surface area contributed by atoms with Gasteiger partial charge in [0.2, 0.25) is 15.9 Å². The second-order valence-electron chi connectivity index (χ2n) is 5.09. The third-order valence-electron chi connectivity index (χ3n) is 3.31. The van der Waals surface area contributed by atoms with E-state index < -0.39 is 10.0 Å². The van der Waals surface area contributed by atoms with Crippen LogP contribution in [0.5, 0.6) is 0 Å². The van der Waals surface area contributed by atoms with Gasteiger partial charge in [0, 0.05) is 30.5 Å². The molecular formula is C13H18BrN3O3S. The third-order valence-corrected chi connectivity index (χ3v) is 5.83. The Kier molecular flexibility index (Phi) is 5.03. The Balaban J connectivity index is 2.28. The second-order valence-corrected chi connectivity index (χ2v) is 7.88. The number of anilines is 1. The van der Waals surface area contributed by atoms with Crippen LogP contribution < -0.4 is 11.1 Å². The average molecular weight is 376 g/mol. The highest BCUT2D eigenvalue weighted by Crippen LogP contribution is 2.28. The molecule has 0 saturated carbocycles. The Morgan fingerprint density at radius 1 is 1.48 bits per heavy atom. The van der Waals surface area contributed by atoms with Gasteiger partial charge in [-0.05, 0) is 47.0 Å². The van der Waals surface area contributed by atoms with E-state index in [2.05, 4.69) is 21.2 Å². The minimum Gasteiger partial charge on any atom is -0.327 e. The van der Waals surface area contributed by atoms with Gasteiger partial charge >= 0.3 is 0 Å². The number of nitrogens with two attached hydrogens (primary N) is 1. The van der Waals surface area contributed by atoms with Crippen molar-refractivity contribution in [2.45, 2.75) is 30.7 Å². The molecule has 0 aromatic heterocycles. The number of piperidine rings is 1. The van der Waals surface area contributed by atoms with E-state index in [9.17, 15) is 13.2 Å². The lowest BCUT2D eigenvalue weighted by atomic mass is 10.1. The van der Waals surface area contributed by atoms with E-state index in [1.54, 1.807) is 6.07 Å². The van der Waals surface area contributed by atoms with Crippen molar-refractivity contribution in [1.29, 1.82) is 0 Å². The number of benzene rings is 1. The fourth-order valence-electron chi connectivity index (χ4n) is 2.29. The van der Waals surface area contributed by atoms with Gasteiger partial charge in [0.1, 0.15) is 0 Å². The molecule has 1 saturated heterocycles. The van der Waals surface area contributed by atoms with Crippen LogP contribution in [0.15, 0.2) is 27.6 Å². The van der Waals surface area contributed by atoms with E-state index in [1.807, 2.05) is 0 Å². The zero-order valence-corrected chi connectivity index (χ0v) is 14.1. The SMILES string of the molecule is CC(=O)Nc1ccc(S(=O)(=O)N2CCCC(N)C2)cc1Br. The first-order valence-corrected chi connectivity index (χ1v) is 8.87. The summed E-state index contributed by atoms with van der Waals surface area (Å²) in [4.78, 5) is 11.3. The molecule has 1 aliphatic rings. The number of rotatable bonds is 3. The van der Waals surface area contributed by atoms with Crippen molar-refractivity contribution in [3.05, 3.63) is 22.7 Å². The third kappa shape index (κ3) is 3.82. The maximum atomic E-state index is 12.6. The Labute approximate surface area is 132 Å². The monoisotopic (exact) mass is 375 g/mol. The highest BCUT2D eigenvalue weighted by atomic mass is 79.9. The summed E-state index contributed by atoms with van der Waals surface area (Å²) >= 11 is 3.28. The summed E-state index contributed by atoms with van der Waals surface area (Å²) in [5, 5.41) is 2.62. The highest BCUT2D eigenvalue weighted by Gasteiger charge is 2.29. The number of carbonyl (C=O) groups excluding carboxylic acids is 1. The maximum Gasteiger partial charge on any atom is 0.243 e. The maximum absolute atomic E-state index is 12.6. The topological polar surface area (TPSA) is 92.5 Å². The van der Waals surface area contributed by atoms with Gasteiger partial charge in [-0.25, -0.2) is 8.42 Å². The minimum atomic E-state index is -3.55. The first-order chi connectivity index (χ1) is 9.80. The summed E-state index contributed by atoms with van der Waals surface area (Å²) in [5.74, 6) is -0.215. The molecule has 116 valence electrons. The Morgan fingerprint density at radius 2 is 2.19 bits per heavy atom. The van der Waals surface area contributed by atoms with Gasteiger partial charge in [-0.1, -0.05) is 0 Å². The first-order valence-electron chi connectivity index (χ1n) is 6.63. The lowest BCUT2D eigenvalue weighted by Gasteiger charge is -2.30. The molecule has 1 amide bonds. The van der Waals surface area contributed by atoms with E-state index >= 15 is 0 Å². The summed E-state index contributed by atoms with van der Waals surface area (Å²) in [6.07, 6.45) is 1.61. The number of sulfonamides is 1. The molecule has 8 heteroatoms. The molecule has 1 heterocycles. The van der Waals surface area contributed by atoms with E-state index in [4.69, 9.17) is 5.73 Å². The fraction of sp³-hybridized carbons (Fsp3) is 0.462. The Morgan fingerprint density at radius 3 is 2.76 bits per heavy atom. The minimum absolute atomic E-state index is 0.115. The summed E-state index contributed by atoms with van der Waals surface area (Å²) in [6, 6.07) is 4.45. The van der Waals surface area contributed by atoms with Crippen LogP contribution in [-0.4, -0.2) is 37.8 Å². The summed E-state index contributed by atoms with van der Waals surface area (Å²) in [7, 11) is -3.55. The molecule has 2 rings (SSSR count). The van der Waals surface area contributed by atoms with Crippen molar-refractivity contribution in [2.75, 3.05) is 18.4 Å². The number of nitrogens with one attached hydrogen (secondary N) is 1. The molecule has 3 N–H and O–H groups in total. The molecule has 21 heavy (non-hydrogen) atoms. The van der Waals surface area contributed by atoms with Crippen molar-refractivity contribution in [3.63, 3.8) is 0 Å². The highest BCUT2D eigenvalue weighted by molar-refractivity contribution is 9.10. The van der Waals surface area contributed by atoms with Crippen LogP contribution in [0.1, 0.15) is 19.8 Å². The Hall–Kier alpha value is -0.960. The number of hydrogen-bond donors (Lipinski definition) is 2. The number of halogens is 1. The summed E-state index contributed by atoms with van der Waals surface area (Å²) in [5.41, 5.74) is 6.38. The zero-order valence-electron chi connectivity index (χ0n) is 11.7. The first kappa shape index (κ1) is 16.4. The Bertz CT molecular complexity index is 648. The predicted octanol–water partition coefficient (Wildman–Crippen LogP) is 1.52. The number of hydrogen-bond acceptors (Lipinski definition) is 4. The standard InChI is InChI=1S/C13H18BrN3O3S/c1-9(18)16-13-5-4-11(7-12(13)14)21(19,20)17-6-2-3-10(15)8-17/h4-5,7,10H,2-3,6,8,15H2,1H3,(H,16,18). The molecule has 0 spiro atoms. The van der Waals surface area contributed by atoms with Crippen molar-refractivity contribution >= 4 is 37.5 Å². The summed E-state index contributed by atoms with van der Waals surface area (Å²) in [6.45, 7) is 2.22. The van der Waals surface area contributed by atoms with Gasteiger partial charge in [0.05, 0.1) is 10.6 Å². The van der Waals surface area contributed by atoms with Gasteiger partial charge < -0.3 is 11.1 Å². The van der Waals surface area contributed by atoms with E-state index in [-0.39, 0.29) is 16.8 Å². The average Bonchev–Trinajstić information content (AvgIpc) is 2.40. The van der Waals surface area contributed by atoms with Crippen LogP contribution in [0.4, 0.5) is 5.69 Å². The molecular weight excluding hydrogens is 358 g/mol. The van der Waals surface area contributed by atoms with E-state index in [0.29, 0.717) is 23.2 Å².